The first-order valence-electron chi connectivity index (χ1n) is 9.32. The first-order chi connectivity index (χ1) is 13.4. The molecule has 2 aromatic carbocycles. The lowest BCUT2D eigenvalue weighted by Gasteiger charge is -2.22. The molecule has 0 spiro atoms. The van der Waals surface area contributed by atoms with Crippen molar-refractivity contribution in [1.82, 2.24) is 0 Å². The van der Waals surface area contributed by atoms with Crippen LogP contribution in [0.15, 0.2) is 48.5 Å². The molecule has 28 heavy (non-hydrogen) atoms. The van der Waals surface area contributed by atoms with E-state index in [1.807, 2.05) is 19.1 Å². The predicted octanol–water partition coefficient (Wildman–Crippen LogP) is 2.62. The number of ketones is 1. The number of aliphatic hydroxyl groups is 1. The van der Waals surface area contributed by atoms with Crippen LogP contribution in [-0.4, -0.2) is 35.9 Å². The molecule has 3 rings (SSSR count). The SMILES string of the molecule is CCOC(=O)CN1C(=O)[C@@](O)(CC(=O)c2ccc(CC)cc2)c2ccccc21. The number of para-hydroxylation sites is 1. The maximum Gasteiger partial charge on any atom is 0.326 e. The lowest BCUT2D eigenvalue weighted by atomic mass is 9.88. The largest absolute Gasteiger partial charge is 0.465 e. The summed E-state index contributed by atoms with van der Waals surface area (Å²) in [6.45, 7) is 3.58. The second-order valence-corrected chi connectivity index (χ2v) is 6.72. The predicted molar refractivity (Wildman–Crippen MR) is 104 cm³/mol. The van der Waals surface area contributed by atoms with Gasteiger partial charge < -0.3 is 9.84 Å². The summed E-state index contributed by atoms with van der Waals surface area (Å²) in [5.41, 5.74) is 0.252. The minimum absolute atomic E-state index is 0.193. The molecular weight excluding hydrogens is 358 g/mol. The zero-order valence-corrected chi connectivity index (χ0v) is 16.0. The summed E-state index contributed by atoms with van der Waals surface area (Å²) < 4.78 is 4.93. The Morgan fingerprint density at radius 1 is 1.07 bits per heavy atom. The Balaban J connectivity index is 1.89. The zero-order valence-electron chi connectivity index (χ0n) is 16.0. The summed E-state index contributed by atoms with van der Waals surface area (Å²) in [4.78, 5) is 38.9. The van der Waals surface area contributed by atoms with E-state index in [9.17, 15) is 19.5 Å². The highest BCUT2D eigenvalue weighted by molar-refractivity contribution is 6.12. The van der Waals surface area contributed by atoms with Crippen LogP contribution >= 0.6 is 0 Å². The van der Waals surface area contributed by atoms with Crippen LogP contribution in [0.4, 0.5) is 5.69 Å². The Labute approximate surface area is 163 Å². The molecule has 0 radical (unpaired) electrons. The summed E-state index contributed by atoms with van der Waals surface area (Å²) in [5, 5.41) is 11.2. The van der Waals surface area contributed by atoms with Gasteiger partial charge in [0.2, 0.25) is 0 Å². The van der Waals surface area contributed by atoms with Crippen molar-refractivity contribution in [3.63, 3.8) is 0 Å². The molecule has 2 aromatic rings. The summed E-state index contributed by atoms with van der Waals surface area (Å²) in [5.74, 6) is -1.61. The number of rotatable bonds is 7. The third-order valence-corrected chi connectivity index (χ3v) is 4.93. The summed E-state index contributed by atoms with van der Waals surface area (Å²) in [6.07, 6.45) is 0.459. The van der Waals surface area contributed by atoms with E-state index < -0.39 is 23.9 Å². The molecule has 1 N–H and O–H groups in total. The number of hydrogen-bond donors (Lipinski definition) is 1. The second-order valence-electron chi connectivity index (χ2n) is 6.72. The van der Waals surface area contributed by atoms with Crippen molar-refractivity contribution < 1.29 is 24.2 Å². The summed E-state index contributed by atoms with van der Waals surface area (Å²) in [6, 6.07) is 13.8. The van der Waals surface area contributed by atoms with E-state index in [1.165, 1.54) is 4.90 Å². The van der Waals surface area contributed by atoms with Crippen LogP contribution in [-0.2, 0) is 26.3 Å². The number of ether oxygens (including phenoxy) is 1. The quantitative estimate of drug-likeness (QED) is 0.589. The minimum atomic E-state index is -2.01. The van der Waals surface area contributed by atoms with Gasteiger partial charge in [-0.15, -0.1) is 0 Å². The first-order valence-corrected chi connectivity index (χ1v) is 9.32. The number of amides is 1. The minimum Gasteiger partial charge on any atom is -0.465 e. The number of nitrogens with zero attached hydrogens (tertiary/aromatic N) is 1. The fraction of sp³-hybridized carbons (Fsp3) is 0.318. The van der Waals surface area contributed by atoms with Gasteiger partial charge in [0.25, 0.3) is 5.91 Å². The van der Waals surface area contributed by atoms with Crippen molar-refractivity contribution in [2.45, 2.75) is 32.3 Å². The third-order valence-electron chi connectivity index (χ3n) is 4.93. The molecule has 0 fully saturated rings. The first kappa shape index (κ1) is 19.8. The highest BCUT2D eigenvalue weighted by Gasteiger charge is 2.51. The van der Waals surface area contributed by atoms with Crippen molar-refractivity contribution in [2.24, 2.45) is 0 Å². The van der Waals surface area contributed by atoms with Crippen molar-refractivity contribution in [2.75, 3.05) is 18.1 Å². The normalized spacial score (nSPS) is 18.1. The fourth-order valence-corrected chi connectivity index (χ4v) is 3.43. The van der Waals surface area contributed by atoms with Gasteiger partial charge in [-0.1, -0.05) is 49.4 Å². The Bertz CT molecular complexity index is 905. The van der Waals surface area contributed by atoms with Gasteiger partial charge in [0.15, 0.2) is 11.4 Å². The number of anilines is 1. The molecule has 0 aliphatic carbocycles. The molecule has 0 saturated carbocycles. The van der Waals surface area contributed by atoms with Gasteiger partial charge in [-0.2, -0.15) is 0 Å². The lowest BCUT2D eigenvalue weighted by Crippen LogP contribution is -2.44. The third kappa shape index (κ3) is 3.55. The molecule has 1 heterocycles. The fourth-order valence-electron chi connectivity index (χ4n) is 3.43. The summed E-state index contributed by atoms with van der Waals surface area (Å²) >= 11 is 0. The van der Waals surface area contributed by atoms with Crippen LogP contribution < -0.4 is 4.90 Å². The number of carbonyl (C=O) groups is 3. The molecule has 1 atom stereocenters. The molecule has 1 aliphatic heterocycles. The molecule has 6 nitrogen and oxygen atoms in total. The molecule has 1 aliphatic rings. The molecule has 0 bridgehead atoms. The van der Waals surface area contributed by atoms with E-state index in [0.29, 0.717) is 16.8 Å². The zero-order chi connectivity index (χ0) is 20.3. The van der Waals surface area contributed by atoms with E-state index in [2.05, 4.69) is 0 Å². The van der Waals surface area contributed by atoms with Crippen molar-refractivity contribution >= 4 is 23.3 Å². The molecular formula is C22H23NO5. The lowest BCUT2D eigenvalue weighted by molar-refractivity contribution is -0.144. The average Bonchev–Trinajstić information content (AvgIpc) is 2.90. The van der Waals surface area contributed by atoms with Crippen LogP contribution in [0.1, 0.15) is 41.8 Å². The van der Waals surface area contributed by atoms with Gasteiger partial charge in [-0.05, 0) is 25.0 Å². The summed E-state index contributed by atoms with van der Waals surface area (Å²) in [7, 11) is 0. The van der Waals surface area contributed by atoms with E-state index in [-0.39, 0.29) is 18.9 Å². The van der Waals surface area contributed by atoms with Crippen LogP contribution in [0.3, 0.4) is 0 Å². The Morgan fingerprint density at radius 2 is 1.75 bits per heavy atom. The smallest absolute Gasteiger partial charge is 0.326 e. The molecule has 6 heteroatoms. The van der Waals surface area contributed by atoms with Crippen LogP contribution in [0.25, 0.3) is 0 Å². The Kier molecular flexibility index (Phi) is 5.61. The Morgan fingerprint density at radius 3 is 2.39 bits per heavy atom. The Hall–Kier alpha value is -2.99. The highest BCUT2D eigenvalue weighted by Crippen LogP contribution is 2.42. The van der Waals surface area contributed by atoms with E-state index in [0.717, 1.165) is 12.0 Å². The second kappa shape index (κ2) is 7.94. The molecule has 146 valence electrons. The van der Waals surface area contributed by atoms with Gasteiger partial charge in [0.05, 0.1) is 18.7 Å². The van der Waals surface area contributed by atoms with Gasteiger partial charge >= 0.3 is 5.97 Å². The highest BCUT2D eigenvalue weighted by atomic mass is 16.5. The van der Waals surface area contributed by atoms with Gasteiger partial charge in [0.1, 0.15) is 6.54 Å². The topological polar surface area (TPSA) is 83.9 Å². The van der Waals surface area contributed by atoms with Crippen LogP contribution in [0.5, 0.6) is 0 Å². The number of benzene rings is 2. The number of carbonyl (C=O) groups excluding carboxylic acids is 3. The molecule has 1 amide bonds. The maximum atomic E-state index is 13.0. The maximum absolute atomic E-state index is 13.0. The van der Waals surface area contributed by atoms with E-state index >= 15 is 0 Å². The van der Waals surface area contributed by atoms with Crippen molar-refractivity contribution in [3.05, 3.63) is 65.2 Å². The average molecular weight is 381 g/mol. The monoisotopic (exact) mass is 381 g/mol. The van der Waals surface area contributed by atoms with Crippen molar-refractivity contribution in [3.8, 4) is 0 Å². The molecule has 0 unspecified atom stereocenters. The number of hydrogen-bond acceptors (Lipinski definition) is 5. The van der Waals surface area contributed by atoms with Gasteiger partial charge in [-0.25, -0.2) is 0 Å². The van der Waals surface area contributed by atoms with Crippen molar-refractivity contribution in [1.29, 1.82) is 0 Å². The van der Waals surface area contributed by atoms with Crippen LogP contribution in [0, 0.1) is 0 Å². The van der Waals surface area contributed by atoms with Gasteiger partial charge in [0, 0.05) is 11.1 Å². The number of fused-ring (bicyclic) bond motifs is 1. The number of Topliss-reactive ketones (excluding diaryl/α,β-unsaturated/α-hetero) is 1. The van der Waals surface area contributed by atoms with Gasteiger partial charge in [-0.3, -0.25) is 19.3 Å². The van der Waals surface area contributed by atoms with E-state index in [1.54, 1.807) is 43.3 Å². The standard InChI is InChI=1S/C22H23NO5/c1-3-15-9-11-16(12-10-15)19(24)13-22(27)17-7-5-6-8-18(17)23(21(22)26)14-20(25)28-4-2/h5-12,27H,3-4,13-14H2,1-2H3/t22-/m1/s1. The number of aryl methyl sites for hydroxylation is 1. The molecule has 0 saturated heterocycles. The molecule has 0 aromatic heterocycles. The van der Waals surface area contributed by atoms with Crippen LogP contribution in [0.2, 0.25) is 0 Å². The van der Waals surface area contributed by atoms with E-state index in [4.69, 9.17) is 4.74 Å². The number of esters is 1.